The first-order valence-electron chi connectivity index (χ1n) is 8.11. The van der Waals surface area contributed by atoms with E-state index in [-0.39, 0.29) is 27.3 Å². The molecule has 0 unspecified atom stereocenters. The lowest BCUT2D eigenvalue weighted by Crippen LogP contribution is -2.15. The van der Waals surface area contributed by atoms with E-state index in [4.69, 9.17) is 27.9 Å². The zero-order valence-corrected chi connectivity index (χ0v) is 16.8. The highest BCUT2D eigenvalue weighted by molar-refractivity contribution is 7.19. The molecule has 0 bridgehead atoms. The third-order valence-corrected chi connectivity index (χ3v) is 6.15. The maximum absolute atomic E-state index is 12.7. The van der Waals surface area contributed by atoms with Gasteiger partial charge in [0.1, 0.15) is 5.00 Å². The van der Waals surface area contributed by atoms with Crippen LogP contribution in [0, 0.1) is 12.8 Å². The zero-order chi connectivity index (χ0) is 19.7. The molecule has 1 fully saturated rings. The number of esters is 1. The van der Waals surface area contributed by atoms with Gasteiger partial charge in [0.15, 0.2) is 0 Å². The van der Waals surface area contributed by atoms with E-state index in [1.54, 1.807) is 25.1 Å². The Morgan fingerprint density at radius 3 is 2.52 bits per heavy atom. The molecule has 0 radical (unpaired) electrons. The van der Waals surface area contributed by atoms with E-state index in [1.165, 1.54) is 7.11 Å². The number of hydrogen-bond acceptors (Lipinski definition) is 5. The molecule has 1 aliphatic rings. The van der Waals surface area contributed by atoms with Gasteiger partial charge in [-0.3, -0.25) is 9.59 Å². The average Bonchev–Trinajstić information content (AvgIpc) is 3.43. The Kier molecular flexibility index (Phi) is 5.74. The van der Waals surface area contributed by atoms with Crippen LogP contribution in [0.2, 0.25) is 10.0 Å². The summed E-state index contributed by atoms with van der Waals surface area (Å²) < 4.78 is 4.81. The van der Waals surface area contributed by atoms with Gasteiger partial charge < -0.3 is 15.4 Å². The summed E-state index contributed by atoms with van der Waals surface area (Å²) in [6.45, 7) is 1.63. The predicted octanol–water partition coefficient (Wildman–Crippen LogP) is 4.75. The molecule has 0 atom stereocenters. The molecule has 1 aromatic carbocycles. The Morgan fingerprint density at radius 1 is 1.19 bits per heavy atom. The minimum absolute atomic E-state index is 0.0413. The fourth-order valence-electron chi connectivity index (χ4n) is 2.50. The van der Waals surface area contributed by atoms with E-state index < -0.39 is 11.9 Å². The second-order valence-electron chi connectivity index (χ2n) is 6.07. The van der Waals surface area contributed by atoms with E-state index in [0.29, 0.717) is 21.3 Å². The van der Waals surface area contributed by atoms with Crippen molar-refractivity contribution in [3.05, 3.63) is 44.2 Å². The van der Waals surface area contributed by atoms with Crippen molar-refractivity contribution in [2.45, 2.75) is 19.8 Å². The van der Waals surface area contributed by atoms with E-state index in [2.05, 4.69) is 10.6 Å². The van der Waals surface area contributed by atoms with Crippen molar-refractivity contribution in [1.29, 1.82) is 0 Å². The normalized spacial score (nSPS) is 13.2. The SMILES string of the molecule is COC(=O)c1c(NC(=O)C2CC2)sc(C(=O)Nc2cccc(Cl)c2Cl)c1C. The molecule has 0 aliphatic heterocycles. The van der Waals surface area contributed by atoms with Crippen LogP contribution in [-0.4, -0.2) is 24.9 Å². The van der Waals surface area contributed by atoms with Gasteiger partial charge in [0, 0.05) is 5.92 Å². The predicted molar refractivity (Wildman–Crippen MR) is 106 cm³/mol. The number of carbonyl (C=O) groups excluding carboxylic acids is 3. The molecular weight excluding hydrogens is 411 g/mol. The molecule has 1 aliphatic carbocycles. The first-order chi connectivity index (χ1) is 12.8. The first kappa shape index (κ1) is 19.7. The highest BCUT2D eigenvalue weighted by Gasteiger charge is 2.32. The van der Waals surface area contributed by atoms with Gasteiger partial charge in [-0.1, -0.05) is 29.3 Å². The van der Waals surface area contributed by atoms with Crippen LogP contribution >= 0.6 is 34.5 Å². The molecule has 2 amide bonds. The van der Waals surface area contributed by atoms with E-state index in [9.17, 15) is 14.4 Å². The fraction of sp³-hybridized carbons (Fsp3) is 0.278. The molecule has 9 heteroatoms. The maximum Gasteiger partial charge on any atom is 0.341 e. The lowest BCUT2D eigenvalue weighted by molar-refractivity contribution is -0.117. The summed E-state index contributed by atoms with van der Waals surface area (Å²) in [4.78, 5) is 37.3. The molecule has 1 saturated carbocycles. The number of anilines is 2. The largest absolute Gasteiger partial charge is 0.465 e. The van der Waals surface area contributed by atoms with Gasteiger partial charge >= 0.3 is 5.97 Å². The monoisotopic (exact) mass is 426 g/mol. The molecule has 3 rings (SSSR count). The number of hydrogen-bond donors (Lipinski definition) is 2. The van der Waals surface area contributed by atoms with Crippen LogP contribution in [0.15, 0.2) is 18.2 Å². The zero-order valence-electron chi connectivity index (χ0n) is 14.5. The van der Waals surface area contributed by atoms with E-state index in [0.717, 1.165) is 24.2 Å². The lowest BCUT2D eigenvalue weighted by atomic mass is 10.1. The Morgan fingerprint density at radius 2 is 1.89 bits per heavy atom. The maximum atomic E-state index is 12.7. The van der Waals surface area contributed by atoms with Crippen LogP contribution in [0.25, 0.3) is 0 Å². The minimum atomic E-state index is -0.616. The number of rotatable bonds is 5. The first-order valence-corrected chi connectivity index (χ1v) is 9.68. The number of methoxy groups -OCH3 is 1. The van der Waals surface area contributed by atoms with Gasteiger partial charge in [0.2, 0.25) is 5.91 Å². The lowest BCUT2D eigenvalue weighted by Gasteiger charge is -2.07. The van der Waals surface area contributed by atoms with Crippen LogP contribution in [0.5, 0.6) is 0 Å². The number of thiophene rings is 1. The van der Waals surface area contributed by atoms with Gasteiger partial charge in [-0.2, -0.15) is 0 Å². The summed E-state index contributed by atoms with van der Waals surface area (Å²) in [5.74, 6) is -1.28. The topological polar surface area (TPSA) is 84.5 Å². The van der Waals surface area contributed by atoms with Crippen LogP contribution < -0.4 is 10.6 Å². The molecule has 1 aromatic heterocycles. The third-order valence-electron chi connectivity index (χ3n) is 4.13. The Balaban J connectivity index is 1.93. The van der Waals surface area contributed by atoms with Gasteiger partial charge in [-0.15, -0.1) is 11.3 Å². The molecule has 0 spiro atoms. The van der Waals surface area contributed by atoms with Crippen molar-refractivity contribution in [1.82, 2.24) is 0 Å². The summed E-state index contributed by atoms with van der Waals surface area (Å²) in [7, 11) is 1.25. The van der Waals surface area contributed by atoms with Crippen LogP contribution in [0.1, 0.15) is 38.4 Å². The molecule has 0 saturated heterocycles. The molecule has 2 aromatic rings. The molecule has 27 heavy (non-hydrogen) atoms. The molecule has 6 nitrogen and oxygen atoms in total. The molecule has 142 valence electrons. The van der Waals surface area contributed by atoms with Crippen LogP contribution in [0.3, 0.4) is 0 Å². The average molecular weight is 427 g/mol. The highest BCUT2D eigenvalue weighted by atomic mass is 35.5. The van der Waals surface area contributed by atoms with Crippen molar-refractivity contribution in [2.75, 3.05) is 17.7 Å². The number of nitrogens with one attached hydrogen (secondary N) is 2. The molecule has 2 N–H and O–H groups in total. The summed E-state index contributed by atoms with van der Waals surface area (Å²) >= 11 is 13.1. The summed E-state index contributed by atoms with van der Waals surface area (Å²) in [5.41, 5.74) is 0.956. The number of halogens is 2. The smallest absolute Gasteiger partial charge is 0.341 e. The fourth-order valence-corrected chi connectivity index (χ4v) is 3.95. The van der Waals surface area contributed by atoms with Gasteiger partial charge in [0.25, 0.3) is 5.91 Å². The van der Waals surface area contributed by atoms with Crippen molar-refractivity contribution < 1.29 is 19.1 Å². The van der Waals surface area contributed by atoms with Crippen LogP contribution in [0.4, 0.5) is 10.7 Å². The van der Waals surface area contributed by atoms with Gasteiger partial charge in [-0.25, -0.2) is 4.79 Å². The highest BCUT2D eigenvalue weighted by Crippen LogP contribution is 2.37. The Hall–Kier alpha value is -2.09. The summed E-state index contributed by atoms with van der Waals surface area (Å²) in [6, 6.07) is 4.88. The number of ether oxygens (including phenoxy) is 1. The standard InChI is InChI=1S/C18H16Cl2N2O4S/c1-8-12(18(25)26-2)17(22-15(23)9-6-7-9)27-14(8)16(24)21-11-5-3-4-10(19)13(11)20/h3-5,9H,6-7H2,1-2H3,(H,21,24)(H,22,23). The second-order valence-corrected chi connectivity index (χ2v) is 7.88. The van der Waals surface area contributed by atoms with Crippen molar-refractivity contribution in [3.63, 3.8) is 0 Å². The van der Waals surface area contributed by atoms with Crippen molar-refractivity contribution in [2.24, 2.45) is 5.92 Å². The van der Waals surface area contributed by atoms with Crippen LogP contribution in [-0.2, 0) is 9.53 Å². The van der Waals surface area contributed by atoms with Gasteiger partial charge in [0.05, 0.1) is 33.3 Å². The Labute approximate surface area is 169 Å². The second kappa shape index (κ2) is 7.88. The van der Waals surface area contributed by atoms with Crippen molar-refractivity contribution >= 4 is 63.0 Å². The third kappa shape index (κ3) is 4.10. The summed E-state index contributed by atoms with van der Waals surface area (Å²) in [5, 5.41) is 6.26. The van der Waals surface area contributed by atoms with E-state index in [1.807, 2.05) is 0 Å². The minimum Gasteiger partial charge on any atom is -0.465 e. The number of benzene rings is 1. The Bertz CT molecular complexity index is 938. The number of amides is 2. The van der Waals surface area contributed by atoms with Gasteiger partial charge in [-0.05, 0) is 37.5 Å². The molecule has 1 heterocycles. The quantitative estimate of drug-likeness (QED) is 0.675. The number of carbonyl (C=O) groups is 3. The van der Waals surface area contributed by atoms with Crippen molar-refractivity contribution in [3.8, 4) is 0 Å². The van der Waals surface area contributed by atoms with E-state index >= 15 is 0 Å². The molecular formula is C18H16Cl2N2O4S. The summed E-state index contributed by atoms with van der Waals surface area (Å²) in [6.07, 6.45) is 1.65.